The van der Waals surface area contributed by atoms with Gasteiger partial charge in [0.15, 0.2) is 5.69 Å². The van der Waals surface area contributed by atoms with Gasteiger partial charge in [0.25, 0.3) is 0 Å². The number of aromatic nitrogens is 1. The number of rotatable bonds is 2. The fourth-order valence-corrected chi connectivity index (χ4v) is 2.75. The zero-order valence-electron chi connectivity index (χ0n) is 7.60. The van der Waals surface area contributed by atoms with Crippen molar-refractivity contribution in [1.82, 2.24) is 4.98 Å². The topological polar surface area (TPSA) is 87.5 Å². The largest absolute Gasteiger partial charge is 0.478 e. The average molecular weight is 302 g/mol. The standard InChI is InChI=1S/C9H4BrNO4S/c10-5-2-16-7-3(5)1-4(8(12)13)6(11-7)9(14)15/h1-2H,(H,12,13)(H,14,15). The summed E-state index contributed by atoms with van der Waals surface area (Å²) < 4.78 is 0.708. The van der Waals surface area contributed by atoms with Crippen LogP contribution in [-0.2, 0) is 0 Å². The third kappa shape index (κ3) is 1.68. The lowest BCUT2D eigenvalue weighted by molar-refractivity contribution is 0.0647. The number of nitrogens with zero attached hydrogens (tertiary/aromatic N) is 1. The Kier molecular flexibility index (Phi) is 2.64. The van der Waals surface area contributed by atoms with Crippen molar-refractivity contribution in [2.24, 2.45) is 0 Å². The fraction of sp³-hybridized carbons (Fsp3) is 0. The van der Waals surface area contributed by atoms with Gasteiger partial charge in [0, 0.05) is 15.2 Å². The van der Waals surface area contributed by atoms with Gasteiger partial charge in [-0.15, -0.1) is 11.3 Å². The van der Waals surface area contributed by atoms with Gasteiger partial charge in [-0.05, 0) is 22.0 Å². The van der Waals surface area contributed by atoms with E-state index in [1.807, 2.05) is 0 Å². The van der Waals surface area contributed by atoms with Crippen LogP contribution in [0.25, 0.3) is 10.2 Å². The monoisotopic (exact) mass is 301 g/mol. The Labute approximate surface area is 101 Å². The molecule has 0 aromatic carbocycles. The Morgan fingerprint density at radius 1 is 1.31 bits per heavy atom. The molecule has 16 heavy (non-hydrogen) atoms. The highest BCUT2D eigenvalue weighted by Gasteiger charge is 2.20. The molecule has 0 atom stereocenters. The van der Waals surface area contributed by atoms with Crippen molar-refractivity contribution in [1.29, 1.82) is 0 Å². The van der Waals surface area contributed by atoms with E-state index in [1.54, 1.807) is 5.38 Å². The maximum Gasteiger partial charge on any atom is 0.355 e. The van der Waals surface area contributed by atoms with E-state index in [2.05, 4.69) is 20.9 Å². The second kappa shape index (κ2) is 3.84. The van der Waals surface area contributed by atoms with Crippen LogP contribution in [0.4, 0.5) is 0 Å². The molecule has 0 amide bonds. The van der Waals surface area contributed by atoms with Crippen molar-refractivity contribution in [3.05, 3.63) is 27.2 Å². The smallest absolute Gasteiger partial charge is 0.355 e. The Morgan fingerprint density at radius 3 is 2.56 bits per heavy atom. The van der Waals surface area contributed by atoms with E-state index in [4.69, 9.17) is 10.2 Å². The van der Waals surface area contributed by atoms with E-state index in [-0.39, 0.29) is 5.56 Å². The maximum atomic E-state index is 10.9. The molecular weight excluding hydrogens is 298 g/mol. The second-order valence-corrected chi connectivity index (χ2v) is 4.64. The minimum atomic E-state index is -1.34. The molecule has 0 aliphatic rings. The highest BCUT2D eigenvalue weighted by atomic mass is 79.9. The van der Waals surface area contributed by atoms with Crippen molar-refractivity contribution in [3.8, 4) is 0 Å². The number of halogens is 1. The molecule has 0 aliphatic heterocycles. The first-order valence-electron chi connectivity index (χ1n) is 4.05. The molecular formula is C9H4BrNO4S. The average Bonchev–Trinajstić information content (AvgIpc) is 2.58. The maximum absolute atomic E-state index is 10.9. The molecule has 2 aromatic rings. The third-order valence-electron chi connectivity index (χ3n) is 1.95. The molecule has 0 saturated heterocycles. The number of pyridine rings is 1. The molecule has 0 bridgehead atoms. The van der Waals surface area contributed by atoms with Crippen molar-refractivity contribution >= 4 is 49.4 Å². The van der Waals surface area contributed by atoms with Gasteiger partial charge in [0.05, 0.1) is 5.56 Å². The summed E-state index contributed by atoms with van der Waals surface area (Å²) in [4.78, 5) is 26.1. The van der Waals surface area contributed by atoms with Crippen molar-refractivity contribution in [2.45, 2.75) is 0 Å². The molecule has 0 unspecified atom stereocenters. The van der Waals surface area contributed by atoms with E-state index in [9.17, 15) is 9.59 Å². The van der Waals surface area contributed by atoms with Crippen molar-refractivity contribution < 1.29 is 19.8 Å². The molecule has 0 saturated carbocycles. The van der Waals surface area contributed by atoms with Gasteiger partial charge in [0.1, 0.15) is 4.83 Å². The van der Waals surface area contributed by atoms with E-state index in [0.29, 0.717) is 14.7 Å². The Bertz CT molecular complexity index is 607. The molecule has 0 aliphatic carbocycles. The van der Waals surface area contributed by atoms with Crippen LogP contribution in [0, 0.1) is 0 Å². The van der Waals surface area contributed by atoms with Crippen LogP contribution in [-0.4, -0.2) is 27.1 Å². The van der Waals surface area contributed by atoms with E-state index in [0.717, 1.165) is 0 Å². The van der Waals surface area contributed by atoms with E-state index < -0.39 is 17.6 Å². The molecule has 0 radical (unpaired) electrons. The molecule has 82 valence electrons. The summed E-state index contributed by atoms with van der Waals surface area (Å²) >= 11 is 4.49. The Hall–Kier alpha value is -1.47. The summed E-state index contributed by atoms with van der Waals surface area (Å²) in [6.45, 7) is 0. The van der Waals surface area contributed by atoms with Crippen molar-refractivity contribution in [2.75, 3.05) is 0 Å². The molecule has 2 aromatic heterocycles. The first-order chi connectivity index (χ1) is 7.50. The summed E-state index contributed by atoms with van der Waals surface area (Å²) in [6.07, 6.45) is 0. The normalized spacial score (nSPS) is 10.6. The Morgan fingerprint density at radius 2 is 2.00 bits per heavy atom. The highest BCUT2D eigenvalue weighted by molar-refractivity contribution is 9.10. The lowest BCUT2D eigenvalue weighted by atomic mass is 10.1. The number of aromatic carboxylic acids is 2. The zero-order chi connectivity index (χ0) is 11.9. The SMILES string of the molecule is O=C(O)c1cc2c(Br)csc2nc1C(=O)O. The van der Waals surface area contributed by atoms with E-state index in [1.165, 1.54) is 17.4 Å². The molecule has 2 N–H and O–H groups in total. The minimum Gasteiger partial charge on any atom is -0.478 e. The van der Waals surface area contributed by atoms with Gasteiger partial charge < -0.3 is 10.2 Å². The predicted molar refractivity (Wildman–Crippen MR) is 61.2 cm³/mol. The van der Waals surface area contributed by atoms with Crippen LogP contribution in [0.2, 0.25) is 0 Å². The molecule has 0 fully saturated rings. The highest BCUT2D eigenvalue weighted by Crippen LogP contribution is 2.30. The van der Waals surface area contributed by atoms with Crippen LogP contribution in [0.3, 0.4) is 0 Å². The second-order valence-electron chi connectivity index (χ2n) is 2.93. The van der Waals surface area contributed by atoms with Gasteiger partial charge in [-0.1, -0.05) is 0 Å². The Balaban J connectivity index is 2.83. The summed E-state index contributed by atoms with van der Waals surface area (Å²) in [5.41, 5.74) is -0.742. The zero-order valence-corrected chi connectivity index (χ0v) is 10.0. The summed E-state index contributed by atoms with van der Waals surface area (Å²) in [5, 5.41) is 20.1. The first-order valence-corrected chi connectivity index (χ1v) is 5.72. The van der Waals surface area contributed by atoms with Gasteiger partial charge in [-0.2, -0.15) is 0 Å². The van der Waals surface area contributed by atoms with Crippen LogP contribution in [0.1, 0.15) is 20.8 Å². The third-order valence-corrected chi connectivity index (χ3v) is 3.80. The number of carbonyl (C=O) groups is 2. The molecule has 2 rings (SSSR count). The molecule has 7 heteroatoms. The van der Waals surface area contributed by atoms with Crippen LogP contribution in [0.5, 0.6) is 0 Å². The van der Waals surface area contributed by atoms with Crippen LogP contribution >= 0.6 is 27.3 Å². The van der Waals surface area contributed by atoms with Gasteiger partial charge in [-0.3, -0.25) is 0 Å². The number of carboxylic acid groups (broad SMARTS) is 2. The molecule has 2 heterocycles. The number of thiophene rings is 1. The van der Waals surface area contributed by atoms with Gasteiger partial charge in [-0.25, -0.2) is 14.6 Å². The molecule has 0 spiro atoms. The summed E-state index contributed by atoms with van der Waals surface area (Å²) in [6, 6.07) is 1.31. The first kappa shape index (κ1) is 11.0. The van der Waals surface area contributed by atoms with Crippen molar-refractivity contribution in [3.63, 3.8) is 0 Å². The minimum absolute atomic E-state index is 0.306. The number of fused-ring (bicyclic) bond motifs is 1. The molecule has 5 nitrogen and oxygen atoms in total. The lowest BCUT2D eigenvalue weighted by Gasteiger charge is -2.00. The van der Waals surface area contributed by atoms with Crippen LogP contribution in [0.15, 0.2) is 15.9 Å². The van der Waals surface area contributed by atoms with Crippen LogP contribution < -0.4 is 0 Å². The number of hydrogen-bond acceptors (Lipinski definition) is 4. The van der Waals surface area contributed by atoms with E-state index >= 15 is 0 Å². The lowest BCUT2D eigenvalue weighted by Crippen LogP contribution is -2.10. The summed E-state index contributed by atoms with van der Waals surface area (Å²) in [7, 11) is 0. The quantitative estimate of drug-likeness (QED) is 0.889. The predicted octanol–water partition coefficient (Wildman–Crippen LogP) is 2.46. The van der Waals surface area contributed by atoms with Gasteiger partial charge >= 0.3 is 11.9 Å². The number of carboxylic acids is 2. The summed E-state index contributed by atoms with van der Waals surface area (Å²) in [5.74, 6) is -2.64. The van der Waals surface area contributed by atoms with Gasteiger partial charge in [0.2, 0.25) is 0 Å². The fourth-order valence-electron chi connectivity index (χ4n) is 1.25. The number of hydrogen-bond donors (Lipinski definition) is 2.